The number of aromatic nitrogens is 4. The third kappa shape index (κ3) is 28.2. The number of carboxylic acid groups (broad SMARTS) is 1. The smallest absolute Gasteiger partial charge is 0.481 e. The van der Waals surface area contributed by atoms with Gasteiger partial charge in [-0.15, -0.1) is 0 Å². The maximum Gasteiger partial charge on any atom is 0.481 e. The number of nitrogens with one attached hydrogen (secondary N) is 2. The van der Waals surface area contributed by atoms with Gasteiger partial charge in [-0.1, -0.05) is 110 Å². The molecular formula is C44H81N8O20P3S. The molecule has 2 aromatic heterocycles. The van der Waals surface area contributed by atoms with Crippen LogP contribution in [0.25, 0.3) is 11.2 Å². The van der Waals surface area contributed by atoms with Crippen molar-refractivity contribution in [3.63, 3.8) is 0 Å². The second-order valence-electron chi connectivity index (χ2n) is 20.0. The first-order valence-electron chi connectivity index (χ1n) is 25.1. The van der Waals surface area contributed by atoms with Gasteiger partial charge in [0.15, 0.2) is 22.8 Å². The Bertz CT molecular complexity index is 2250. The number of aliphatic hydroxyl groups excluding tert-OH is 3. The Balaban J connectivity index is 0.00000160. The molecule has 1 aliphatic heterocycles. The van der Waals surface area contributed by atoms with Gasteiger partial charge < -0.3 is 70.4 Å². The van der Waals surface area contributed by atoms with Gasteiger partial charge >= 0.3 is 23.5 Å². The van der Waals surface area contributed by atoms with E-state index in [1.54, 1.807) is 0 Å². The maximum atomic E-state index is 12.7. The van der Waals surface area contributed by atoms with E-state index in [9.17, 15) is 67.8 Å². The predicted molar refractivity (Wildman–Crippen MR) is 276 cm³/mol. The highest BCUT2D eigenvalue weighted by molar-refractivity contribution is 8.13. The minimum atomic E-state index is -5.57. The van der Waals surface area contributed by atoms with Gasteiger partial charge in [0.25, 0.3) is 0 Å². The van der Waals surface area contributed by atoms with Crippen LogP contribution in [-0.4, -0.2) is 172 Å². The number of phosphoric acid groups is 3. The van der Waals surface area contributed by atoms with E-state index in [-0.39, 0.29) is 48.0 Å². The van der Waals surface area contributed by atoms with Crippen LogP contribution in [0.2, 0.25) is 0 Å². The van der Waals surface area contributed by atoms with Crippen LogP contribution in [0.1, 0.15) is 130 Å². The second-order valence-corrected chi connectivity index (χ2v) is 25.4. The molecule has 1 aliphatic rings. The fraction of sp³-hybridized carbons (Fsp3) is 0.795. The number of rotatable bonds is 37. The van der Waals surface area contributed by atoms with E-state index in [0.717, 1.165) is 48.2 Å². The molecule has 2 aromatic rings. The highest BCUT2D eigenvalue weighted by Gasteiger charge is 2.50. The number of carbonyl (C=O) groups excluding carboxylic acids is 4. The number of quaternary nitrogens is 1. The van der Waals surface area contributed by atoms with E-state index in [0.29, 0.717) is 23.2 Å². The number of ether oxygens (including phenoxy) is 1. The number of likely N-dealkylation sites (N-methyl/N-ethyl adjacent to an activating group) is 1. The summed E-state index contributed by atoms with van der Waals surface area (Å²) in [7, 11) is -10.7. The van der Waals surface area contributed by atoms with Crippen molar-refractivity contribution in [1.29, 1.82) is 0 Å². The van der Waals surface area contributed by atoms with Gasteiger partial charge in [-0.2, -0.15) is 4.31 Å². The summed E-state index contributed by atoms with van der Waals surface area (Å²) in [5.74, 6) is -2.22. The summed E-state index contributed by atoms with van der Waals surface area (Å²) in [5.41, 5.74) is 4.29. The quantitative estimate of drug-likeness (QED) is 0.0264. The van der Waals surface area contributed by atoms with Crippen LogP contribution < -0.4 is 21.5 Å². The van der Waals surface area contributed by atoms with Gasteiger partial charge in [0.2, 0.25) is 11.8 Å². The number of fused-ring (bicyclic) bond motifs is 1. The zero-order chi connectivity index (χ0) is 57.3. The van der Waals surface area contributed by atoms with E-state index in [2.05, 4.69) is 41.3 Å². The van der Waals surface area contributed by atoms with Gasteiger partial charge in [0, 0.05) is 49.5 Å². The molecule has 1 saturated heterocycles. The van der Waals surface area contributed by atoms with Gasteiger partial charge in [0.05, 0.1) is 40.7 Å². The molecule has 2 amide bonds. The van der Waals surface area contributed by atoms with Crippen molar-refractivity contribution in [3.8, 4) is 0 Å². The Kier molecular flexibility index (Phi) is 30.5. The minimum absolute atomic E-state index is 0.0338. The van der Waals surface area contributed by atoms with Gasteiger partial charge in [0.1, 0.15) is 48.9 Å². The van der Waals surface area contributed by atoms with Crippen molar-refractivity contribution in [3.05, 3.63) is 12.7 Å². The molecule has 0 bridgehead atoms. The number of nitrogens with zero attached hydrogens (tertiary/aromatic N) is 5. The molecule has 1 fully saturated rings. The molecular weight excluding hydrogens is 1090 g/mol. The number of nitrogen functional groups attached to an aromatic ring is 1. The van der Waals surface area contributed by atoms with Crippen molar-refractivity contribution in [2.24, 2.45) is 5.41 Å². The average Bonchev–Trinajstić information content (AvgIpc) is 3.86. The molecule has 28 nitrogen and oxygen atoms in total. The fourth-order valence-corrected chi connectivity index (χ4v) is 11.1. The first kappa shape index (κ1) is 69.1. The first-order chi connectivity index (χ1) is 35.4. The molecule has 0 spiro atoms. The summed E-state index contributed by atoms with van der Waals surface area (Å²) in [6.45, 7) is 3.23. The van der Waals surface area contributed by atoms with Crippen molar-refractivity contribution in [2.75, 3.05) is 65.5 Å². The molecule has 8 atom stereocenters. The number of thioether (sulfide) groups is 1. The molecule has 0 aliphatic carbocycles. The zero-order valence-corrected chi connectivity index (χ0v) is 47.7. The summed E-state index contributed by atoms with van der Waals surface area (Å²) in [5, 5.41) is 45.8. The highest BCUT2D eigenvalue weighted by atomic mass is 32.2. The van der Waals surface area contributed by atoms with Gasteiger partial charge in [-0.05, 0) is 6.42 Å². The highest BCUT2D eigenvalue weighted by Crippen LogP contribution is 2.61. The van der Waals surface area contributed by atoms with E-state index >= 15 is 0 Å². The summed E-state index contributed by atoms with van der Waals surface area (Å²) in [6, 6.07) is 0. The molecule has 11 N–H and O–H groups in total. The zero-order valence-electron chi connectivity index (χ0n) is 44.2. The lowest BCUT2D eigenvalue weighted by molar-refractivity contribution is -0.873. The van der Waals surface area contributed by atoms with Crippen molar-refractivity contribution in [2.45, 2.75) is 160 Å². The number of hydrogen-bond acceptors (Lipinski definition) is 21. The Morgan fingerprint density at radius 1 is 0.868 bits per heavy atom. The molecule has 0 saturated carbocycles. The number of nitrogens with two attached hydrogens (primary N) is 1. The SMILES string of the molecule is CCCCCCCCCCCCCCCC(=O)SCCNC(=O)CCNC(=O)C(O)C(C)(C)COP(=O)(O)OP(=O)(O)OC[C@H]1O[C@@H](n2cnc3c(N)ncnc32)[C@H](O)[C@@H]1OP(=O)(O)O.C[N+](C)(C)CC(O)CC(=O)[O-]. The molecule has 3 rings (SSSR count). The Morgan fingerprint density at radius 2 is 1.45 bits per heavy atom. The Labute approximate surface area is 447 Å². The number of aliphatic hydroxyl groups is 3. The third-order valence-electron chi connectivity index (χ3n) is 11.4. The molecule has 76 heavy (non-hydrogen) atoms. The van der Waals surface area contributed by atoms with Crippen LogP contribution in [0.5, 0.6) is 0 Å². The number of hydrogen-bond donors (Lipinski definition) is 10. The molecule has 4 unspecified atom stereocenters. The van der Waals surface area contributed by atoms with E-state index in [4.69, 9.17) is 24.6 Å². The number of unbranched alkanes of at least 4 members (excludes halogenated alkanes) is 12. The topological polar surface area (TPSA) is 424 Å². The molecule has 0 aromatic carbocycles. The van der Waals surface area contributed by atoms with Crippen LogP contribution in [0.4, 0.5) is 5.82 Å². The standard InChI is InChI=1S/C37H66N7O17P3S.C7H15NO3/c1-4-5-6-7-8-9-10-11-12-13-14-15-16-17-28(46)65-21-20-39-27(45)18-19-40-35(49)32(48)37(2,3)23-58-64(55,56)61-63(53,54)57-22-26-31(60-62(50,51)52)30(47)36(59-26)44-25-43-29-33(38)41-24-42-34(29)44;1-8(2,3)5-6(9)4-7(10)11/h24-26,30-32,36,47-48H,4-23H2,1-3H3,(H,39,45)(H,40,49)(H,53,54)(H,55,56)(H2,38,41,42)(H2,50,51,52);6,9H,4-5H2,1-3H3/t26-,30-,31-,32?,36-;/m1./s1. The summed E-state index contributed by atoms with van der Waals surface area (Å²) in [4.78, 5) is 98.3. The Morgan fingerprint density at radius 3 is 2.01 bits per heavy atom. The summed E-state index contributed by atoms with van der Waals surface area (Å²) >= 11 is 1.15. The van der Waals surface area contributed by atoms with Gasteiger partial charge in [-0.3, -0.25) is 32.5 Å². The van der Waals surface area contributed by atoms with Crippen molar-refractivity contribution in [1.82, 2.24) is 30.2 Å². The maximum absolute atomic E-state index is 12.7. The number of carboxylic acids is 1. The normalized spacial score (nSPS) is 19.5. The monoisotopic (exact) mass is 1170 g/mol. The van der Waals surface area contributed by atoms with E-state index < -0.39 is 96.6 Å². The van der Waals surface area contributed by atoms with Crippen LogP contribution >= 0.6 is 35.2 Å². The number of phosphoric ester groups is 3. The lowest BCUT2D eigenvalue weighted by Gasteiger charge is -2.30. The van der Waals surface area contributed by atoms with E-state index in [1.165, 1.54) is 78.1 Å². The fourth-order valence-electron chi connectivity index (χ4n) is 7.54. The average molecular weight is 1170 g/mol. The van der Waals surface area contributed by atoms with Crippen LogP contribution in [-0.2, 0) is 55.5 Å². The van der Waals surface area contributed by atoms with Crippen LogP contribution in [0.3, 0.4) is 0 Å². The van der Waals surface area contributed by atoms with Crippen molar-refractivity contribution >= 4 is 75.1 Å². The van der Waals surface area contributed by atoms with Gasteiger partial charge in [-0.25, -0.2) is 28.6 Å². The molecule has 32 heteroatoms. The predicted octanol–water partition coefficient (Wildman–Crippen LogP) is 2.34. The number of aliphatic carboxylic acids is 1. The molecule has 3 heterocycles. The van der Waals surface area contributed by atoms with Crippen molar-refractivity contribution < 1.29 is 100.0 Å². The number of carbonyl (C=O) groups is 4. The second kappa shape index (κ2) is 33.5. The Hall–Kier alpha value is -3.05. The first-order valence-corrected chi connectivity index (χ1v) is 30.6. The van der Waals surface area contributed by atoms with E-state index in [1.807, 2.05) is 21.1 Å². The minimum Gasteiger partial charge on any atom is -0.550 e. The number of amides is 2. The summed E-state index contributed by atoms with van der Waals surface area (Å²) < 4.78 is 62.9. The molecule has 0 radical (unpaired) electrons. The lowest BCUT2D eigenvalue weighted by atomic mass is 9.87. The lowest BCUT2D eigenvalue weighted by Crippen LogP contribution is -2.46. The number of imidazole rings is 1. The largest absolute Gasteiger partial charge is 0.550 e. The van der Waals surface area contributed by atoms with Crippen LogP contribution in [0, 0.1) is 5.41 Å². The molecule has 438 valence electrons. The summed E-state index contributed by atoms with van der Waals surface area (Å²) in [6.07, 6.45) is 8.44. The third-order valence-corrected chi connectivity index (χ3v) is 15.4. The number of anilines is 1. The van der Waals surface area contributed by atoms with Crippen LogP contribution in [0.15, 0.2) is 12.7 Å².